The number of benzene rings is 1. The molecule has 7 atom stereocenters. The average Bonchev–Trinajstić information content (AvgIpc) is 3.51. The van der Waals surface area contributed by atoms with Gasteiger partial charge in [-0.3, -0.25) is 14.4 Å². The Kier molecular flexibility index (Phi) is 9.44. The minimum Gasteiger partial charge on any atom is -0.394 e. The van der Waals surface area contributed by atoms with Crippen molar-refractivity contribution in [3.63, 3.8) is 0 Å². The van der Waals surface area contributed by atoms with E-state index in [1.165, 1.54) is 0 Å². The number of hydrogen-bond acceptors (Lipinski definition) is 5. The minimum absolute atomic E-state index is 0.0256. The van der Waals surface area contributed by atoms with Crippen molar-refractivity contribution in [1.82, 2.24) is 9.80 Å². The number of likely N-dealkylation sites (tertiary alicyclic amines) is 1. The van der Waals surface area contributed by atoms with Crippen LogP contribution in [0.5, 0.6) is 0 Å². The summed E-state index contributed by atoms with van der Waals surface area (Å²) in [7, 11) is 0. The molecule has 2 bridgehead atoms. The van der Waals surface area contributed by atoms with Gasteiger partial charge in [0.2, 0.25) is 17.7 Å². The zero-order valence-corrected chi connectivity index (χ0v) is 26.1. The molecular weight excluding hydrogens is 534 g/mol. The second-order valence-corrected chi connectivity index (χ2v) is 14.4. The van der Waals surface area contributed by atoms with Gasteiger partial charge in [0.05, 0.1) is 29.2 Å². The van der Waals surface area contributed by atoms with Crippen LogP contribution in [0.1, 0.15) is 60.3 Å². The number of hydrogen-bond donors (Lipinski definition) is 1. The first-order valence-corrected chi connectivity index (χ1v) is 15.9. The lowest BCUT2D eigenvalue weighted by molar-refractivity contribution is -0.147. The molecule has 0 aliphatic carbocycles. The van der Waals surface area contributed by atoms with Gasteiger partial charge in [-0.1, -0.05) is 57.5 Å². The van der Waals surface area contributed by atoms with Crippen molar-refractivity contribution in [2.45, 2.75) is 87.9 Å². The highest BCUT2D eigenvalue weighted by Gasteiger charge is 2.78. The van der Waals surface area contributed by atoms with Crippen LogP contribution in [0.3, 0.4) is 0 Å². The van der Waals surface area contributed by atoms with Gasteiger partial charge in [0, 0.05) is 29.6 Å². The third kappa shape index (κ3) is 5.16. The Morgan fingerprint density at radius 2 is 1.78 bits per heavy atom. The van der Waals surface area contributed by atoms with Crippen LogP contribution in [0.25, 0.3) is 0 Å². The van der Waals surface area contributed by atoms with Crippen LogP contribution in [0.4, 0.5) is 5.69 Å². The van der Waals surface area contributed by atoms with Crippen LogP contribution in [0, 0.1) is 17.8 Å². The molecule has 4 rings (SSSR count). The molecule has 3 aliphatic rings. The number of aliphatic hydroxyl groups excluding tert-OH is 1. The highest BCUT2D eigenvalue weighted by atomic mass is 32.2. The Bertz CT molecular complexity index is 1160. The highest BCUT2D eigenvalue weighted by molar-refractivity contribution is 8.02. The van der Waals surface area contributed by atoms with Crippen LogP contribution >= 0.6 is 11.8 Å². The Balaban J connectivity index is 1.85. The van der Waals surface area contributed by atoms with Gasteiger partial charge >= 0.3 is 0 Å². The molecular formula is C33H47N3O4S. The van der Waals surface area contributed by atoms with Gasteiger partial charge in [-0.2, -0.15) is 0 Å². The molecule has 41 heavy (non-hydrogen) atoms. The summed E-state index contributed by atoms with van der Waals surface area (Å²) >= 11 is 1.67. The van der Waals surface area contributed by atoms with Crippen molar-refractivity contribution in [2.75, 3.05) is 24.6 Å². The van der Waals surface area contributed by atoms with Crippen LogP contribution < -0.4 is 4.90 Å². The van der Waals surface area contributed by atoms with E-state index in [2.05, 4.69) is 27.0 Å². The molecule has 1 N–H and O–H groups in total. The Morgan fingerprint density at radius 3 is 2.34 bits per heavy atom. The van der Waals surface area contributed by atoms with Crippen LogP contribution in [-0.4, -0.2) is 79.9 Å². The highest BCUT2D eigenvalue weighted by Crippen LogP contribution is 2.72. The predicted octanol–water partition coefficient (Wildman–Crippen LogP) is 4.91. The average molecular weight is 582 g/mol. The van der Waals surface area contributed by atoms with Gasteiger partial charge in [-0.05, 0) is 51.2 Å². The first-order chi connectivity index (χ1) is 19.5. The molecule has 0 saturated carbocycles. The summed E-state index contributed by atoms with van der Waals surface area (Å²) in [4.78, 5) is 49.2. The fourth-order valence-electron chi connectivity index (χ4n) is 7.58. The van der Waals surface area contributed by atoms with Crippen LogP contribution in [-0.2, 0) is 14.4 Å². The van der Waals surface area contributed by atoms with E-state index in [0.717, 1.165) is 24.9 Å². The molecule has 1 spiro atoms. The number of nitrogens with zero attached hydrogens (tertiary/aromatic N) is 3. The molecule has 3 heterocycles. The standard InChI is InChI=1S/C33H47N3O4S/c1-8-14-23(6)34(19-9-2)31(40)28-33-18-17-32(7,41-33)26(27(33)30(39)36(28)25(21-37)22(4)5)29(38)35(20-10-3)24-15-12-11-13-16-24/h9-13,15-16,22-23,25-28,37H,2-3,8,14,17-21H2,1,4-7H3/t23?,25-,26-,27-,28?,32+,33?/m0/s1. The molecule has 224 valence electrons. The topological polar surface area (TPSA) is 81.2 Å². The molecule has 3 fully saturated rings. The maximum absolute atomic E-state index is 14.7. The van der Waals surface area contributed by atoms with Crippen LogP contribution in [0.2, 0.25) is 0 Å². The van der Waals surface area contributed by atoms with Gasteiger partial charge in [-0.25, -0.2) is 0 Å². The predicted molar refractivity (Wildman–Crippen MR) is 167 cm³/mol. The lowest BCUT2D eigenvalue weighted by atomic mass is 9.66. The molecule has 1 aromatic carbocycles. The SMILES string of the molecule is C=CCN(C(=O)[C@@H]1[C@H]2C(=O)N([C@@H](CO)C(C)C)C(C(=O)N(CC=C)C(C)CCC)C23CC[C@@]1(C)S3)c1ccccc1. The lowest BCUT2D eigenvalue weighted by Crippen LogP contribution is -2.59. The smallest absolute Gasteiger partial charge is 0.247 e. The van der Waals surface area contributed by atoms with E-state index in [-0.39, 0.29) is 36.3 Å². The Morgan fingerprint density at radius 1 is 1.12 bits per heavy atom. The molecule has 3 aliphatic heterocycles. The molecule has 7 nitrogen and oxygen atoms in total. The van der Waals surface area contributed by atoms with Crippen molar-refractivity contribution >= 4 is 35.2 Å². The summed E-state index contributed by atoms with van der Waals surface area (Å²) in [6.07, 6.45) is 6.63. The van der Waals surface area contributed by atoms with Gasteiger partial charge in [0.1, 0.15) is 6.04 Å². The molecule has 1 aromatic rings. The summed E-state index contributed by atoms with van der Waals surface area (Å²) in [6, 6.07) is 8.20. The fourth-order valence-corrected chi connectivity index (χ4v) is 9.91. The first kappa shape index (κ1) is 31.4. The molecule has 3 unspecified atom stereocenters. The minimum atomic E-state index is -0.756. The monoisotopic (exact) mass is 581 g/mol. The van der Waals surface area contributed by atoms with Crippen molar-refractivity contribution in [2.24, 2.45) is 17.8 Å². The van der Waals surface area contributed by atoms with Gasteiger partial charge in [0.15, 0.2) is 0 Å². The summed E-state index contributed by atoms with van der Waals surface area (Å²) in [5, 5.41) is 10.5. The maximum Gasteiger partial charge on any atom is 0.247 e. The van der Waals surface area contributed by atoms with E-state index in [4.69, 9.17) is 0 Å². The number of anilines is 1. The molecule has 0 radical (unpaired) electrons. The molecule has 3 amide bonds. The number of amides is 3. The number of carbonyl (C=O) groups excluding carboxylic acids is 3. The third-order valence-electron chi connectivity index (χ3n) is 9.52. The normalized spacial score (nSPS) is 29.8. The number of aliphatic hydroxyl groups is 1. The summed E-state index contributed by atoms with van der Waals surface area (Å²) < 4.78 is -1.23. The van der Waals surface area contributed by atoms with Crippen molar-refractivity contribution in [3.8, 4) is 0 Å². The summed E-state index contributed by atoms with van der Waals surface area (Å²) in [6.45, 7) is 18.5. The molecule has 3 saturated heterocycles. The van der Waals surface area contributed by atoms with Gasteiger partial charge < -0.3 is 19.8 Å². The Hall–Kier alpha value is -2.58. The number of thioether (sulfide) groups is 1. The summed E-state index contributed by atoms with van der Waals surface area (Å²) in [5.74, 6) is -1.70. The van der Waals surface area contributed by atoms with E-state index in [1.807, 2.05) is 56.0 Å². The van der Waals surface area contributed by atoms with E-state index >= 15 is 0 Å². The van der Waals surface area contributed by atoms with E-state index in [0.29, 0.717) is 19.5 Å². The third-order valence-corrected chi connectivity index (χ3v) is 11.5. The number of rotatable bonds is 13. The maximum atomic E-state index is 14.7. The molecule has 0 aromatic heterocycles. The second-order valence-electron chi connectivity index (χ2n) is 12.5. The zero-order chi connectivity index (χ0) is 30.1. The number of carbonyl (C=O) groups is 3. The largest absolute Gasteiger partial charge is 0.394 e. The number of fused-ring (bicyclic) bond motifs is 1. The van der Waals surface area contributed by atoms with E-state index in [9.17, 15) is 19.5 Å². The van der Waals surface area contributed by atoms with Crippen LogP contribution in [0.15, 0.2) is 55.6 Å². The van der Waals surface area contributed by atoms with E-state index in [1.54, 1.807) is 33.7 Å². The summed E-state index contributed by atoms with van der Waals surface area (Å²) in [5.41, 5.74) is 0.763. The van der Waals surface area contributed by atoms with Crippen molar-refractivity contribution in [1.29, 1.82) is 0 Å². The van der Waals surface area contributed by atoms with Gasteiger partial charge in [0.25, 0.3) is 0 Å². The second kappa shape index (κ2) is 12.3. The molecule has 8 heteroatoms. The lowest BCUT2D eigenvalue weighted by Gasteiger charge is -2.42. The zero-order valence-electron chi connectivity index (χ0n) is 25.3. The fraction of sp³-hybridized carbons (Fsp3) is 0.606. The van der Waals surface area contributed by atoms with E-state index < -0.39 is 33.4 Å². The first-order valence-electron chi connectivity index (χ1n) is 15.0. The van der Waals surface area contributed by atoms with Gasteiger partial charge in [-0.15, -0.1) is 24.9 Å². The quantitative estimate of drug-likeness (QED) is 0.335. The van der Waals surface area contributed by atoms with Crippen molar-refractivity contribution in [3.05, 3.63) is 55.6 Å². The van der Waals surface area contributed by atoms with Crippen molar-refractivity contribution < 1.29 is 19.5 Å². The number of para-hydroxylation sites is 1. The Labute approximate surface area is 250 Å².